The highest BCUT2D eigenvalue weighted by atomic mass is 79.9. The van der Waals surface area contributed by atoms with E-state index < -0.39 is 5.82 Å². The molecule has 2 amide bonds. The van der Waals surface area contributed by atoms with Gasteiger partial charge in [-0.25, -0.2) is 4.39 Å². The van der Waals surface area contributed by atoms with Gasteiger partial charge < -0.3 is 10.2 Å². The minimum atomic E-state index is -0.401. The number of halogens is 2. The van der Waals surface area contributed by atoms with Gasteiger partial charge in [0.15, 0.2) is 0 Å². The van der Waals surface area contributed by atoms with Crippen LogP contribution in [0.1, 0.15) is 21.5 Å². The Labute approximate surface area is 176 Å². The molecule has 1 heterocycles. The summed E-state index contributed by atoms with van der Waals surface area (Å²) in [6.45, 7) is 3.37. The van der Waals surface area contributed by atoms with Crippen LogP contribution in [0.4, 0.5) is 10.1 Å². The predicted octanol–water partition coefficient (Wildman–Crippen LogP) is 4.74. The molecule has 0 atom stereocenters. The van der Waals surface area contributed by atoms with Crippen molar-refractivity contribution in [3.8, 4) is 0 Å². The average molecular weight is 463 g/mol. The van der Waals surface area contributed by atoms with Crippen molar-refractivity contribution < 1.29 is 14.0 Å². The SMILES string of the molecule is Cc1cc(C(=O)N2CCSCC2)ccc1NC(=O)/C=C/c1cc(Br)ccc1F. The second kappa shape index (κ2) is 9.39. The lowest BCUT2D eigenvalue weighted by molar-refractivity contribution is -0.111. The number of benzene rings is 2. The van der Waals surface area contributed by atoms with Gasteiger partial charge in [0.25, 0.3) is 5.91 Å². The van der Waals surface area contributed by atoms with Gasteiger partial charge in [0.05, 0.1) is 0 Å². The van der Waals surface area contributed by atoms with Crippen LogP contribution in [-0.4, -0.2) is 41.3 Å². The number of carbonyl (C=O) groups excluding carboxylic acids is 2. The van der Waals surface area contributed by atoms with Gasteiger partial charge in [-0.1, -0.05) is 15.9 Å². The second-order valence-corrected chi connectivity index (χ2v) is 8.56. The van der Waals surface area contributed by atoms with Crippen molar-refractivity contribution in [3.05, 3.63) is 69.5 Å². The number of anilines is 1. The summed E-state index contributed by atoms with van der Waals surface area (Å²) in [7, 11) is 0. The third kappa shape index (κ3) is 5.23. The fourth-order valence-electron chi connectivity index (χ4n) is 2.87. The number of thioether (sulfide) groups is 1. The summed E-state index contributed by atoms with van der Waals surface area (Å²) in [5.74, 6) is 1.18. The van der Waals surface area contributed by atoms with E-state index in [1.807, 2.05) is 23.6 Å². The molecule has 146 valence electrons. The molecule has 2 aromatic carbocycles. The van der Waals surface area contributed by atoms with Crippen molar-refractivity contribution in [3.63, 3.8) is 0 Å². The molecule has 3 rings (SSSR count). The van der Waals surface area contributed by atoms with Crippen LogP contribution < -0.4 is 5.32 Å². The van der Waals surface area contributed by atoms with Crippen molar-refractivity contribution in [1.29, 1.82) is 0 Å². The van der Waals surface area contributed by atoms with Crippen LogP contribution in [0.3, 0.4) is 0 Å². The molecule has 7 heteroatoms. The summed E-state index contributed by atoms with van der Waals surface area (Å²) in [6, 6.07) is 9.78. The van der Waals surface area contributed by atoms with Crippen molar-refractivity contribution in [2.45, 2.75) is 6.92 Å². The van der Waals surface area contributed by atoms with E-state index in [1.54, 1.807) is 30.3 Å². The van der Waals surface area contributed by atoms with E-state index in [2.05, 4.69) is 21.2 Å². The zero-order chi connectivity index (χ0) is 20.1. The molecule has 0 bridgehead atoms. The summed E-state index contributed by atoms with van der Waals surface area (Å²) < 4.78 is 14.5. The van der Waals surface area contributed by atoms with Gasteiger partial charge in [0.1, 0.15) is 5.82 Å². The number of rotatable bonds is 4. The lowest BCUT2D eigenvalue weighted by Gasteiger charge is -2.26. The number of carbonyl (C=O) groups is 2. The summed E-state index contributed by atoms with van der Waals surface area (Å²) in [5, 5.41) is 2.77. The molecular formula is C21H20BrFN2O2S. The quantitative estimate of drug-likeness (QED) is 0.667. The minimum Gasteiger partial charge on any atom is -0.337 e. The monoisotopic (exact) mass is 462 g/mol. The van der Waals surface area contributed by atoms with Crippen LogP contribution >= 0.6 is 27.7 Å². The van der Waals surface area contributed by atoms with Crippen LogP contribution in [0.15, 0.2) is 46.9 Å². The van der Waals surface area contributed by atoms with Gasteiger partial charge in [-0.3, -0.25) is 9.59 Å². The fraction of sp³-hybridized carbons (Fsp3) is 0.238. The molecule has 0 unspecified atom stereocenters. The molecule has 28 heavy (non-hydrogen) atoms. The summed E-state index contributed by atoms with van der Waals surface area (Å²) in [6.07, 6.45) is 2.71. The molecule has 1 N–H and O–H groups in total. The summed E-state index contributed by atoms with van der Waals surface area (Å²) in [5.41, 5.74) is 2.36. The van der Waals surface area contributed by atoms with Gasteiger partial charge in [0.2, 0.25) is 5.91 Å². The number of amides is 2. The van der Waals surface area contributed by atoms with Crippen LogP contribution in [0.2, 0.25) is 0 Å². The Kier molecular flexibility index (Phi) is 6.91. The largest absolute Gasteiger partial charge is 0.337 e. The van der Waals surface area contributed by atoms with Gasteiger partial charge in [-0.15, -0.1) is 0 Å². The van der Waals surface area contributed by atoms with Crippen molar-refractivity contribution in [2.75, 3.05) is 29.9 Å². The summed E-state index contributed by atoms with van der Waals surface area (Å²) in [4.78, 5) is 26.6. The topological polar surface area (TPSA) is 49.4 Å². The number of aryl methyl sites for hydroxylation is 1. The Balaban J connectivity index is 1.67. The van der Waals surface area contributed by atoms with E-state index in [9.17, 15) is 14.0 Å². The van der Waals surface area contributed by atoms with E-state index in [0.29, 0.717) is 16.8 Å². The normalized spacial score (nSPS) is 14.3. The molecule has 2 aromatic rings. The van der Waals surface area contributed by atoms with E-state index in [4.69, 9.17) is 0 Å². The average Bonchev–Trinajstić information content (AvgIpc) is 2.70. The van der Waals surface area contributed by atoms with Crippen molar-refractivity contribution in [1.82, 2.24) is 4.90 Å². The molecule has 0 aromatic heterocycles. The second-order valence-electron chi connectivity index (χ2n) is 6.42. The Hall–Kier alpha value is -2.12. The number of nitrogens with one attached hydrogen (secondary N) is 1. The van der Waals surface area contributed by atoms with Crippen LogP contribution in [-0.2, 0) is 4.79 Å². The van der Waals surface area contributed by atoms with Gasteiger partial charge in [0, 0.05) is 52.0 Å². The van der Waals surface area contributed by atoms with E-state index in [-0.39, 0.29) is 11.8 Å². The maximum Gasteiger partial charge on any atom is 0.253 e. The number of hydrogen-bond donors (Lipinski definition) is 1. The van der Waals surface area contributed by atoms with E-state index in [0.717, 1.165) is 34.6 Å². The highest BCUT2D eigenvalue weighted by Gasteiger charge is 2.19. The maximum absolute atomic E-state index is 13.7. The first-order valence-electron chi connectivity index (χ1n) is 8.86. The molecule has 0 saturated carbocycles. The van der Waals surface area contributed by atoms with E-state index in [1.165, 1.54) is 18.2 Å². The Bertz CT molecular complexity index is 927. The molecule has 1 saturated heterocycles. The molecule has 0 spiro atoms. The molecule has 1 aliphatic heterocycles. The number of nitrogens with zero attached hydrogens (tertiary/aromatic N) is 1. The third-order valence-corrected chi connectivity index (χ3v) is 5.84. The molecule has 1 aliphatic rings. The van der Waals surface area contributed by atoms with Gasteiger partial charge in [-0.05, 0) is 55.0 Å². The van der Waals surface area contributed by atoms with Crippen molar-refractivity contribution in [2.24, 2.45) is 0 Å². The Morgan fingerprint density at radius 1 is 1.18 bits per heavy atom. The zero-order valence-corrected chi connectivity index (χ0v) is 17.8. The van der Waals surface area contributed by atoms with Crippen LogP contribution in [0.5, 0.6) is 0 Å². The van der Waals surface area contributed by atoms with E-state index >= 15 is 0 Å². The molecule has 0 aliphatic carbocycles. The number of hydrogen-bond acceptors (Lipinski definition) is 3. The predicted molar refractivity (Wildman–Crippen MR) is 116 cm³/mol. The zero-order valence-electron chi connectivity index (χ0n) is 15.4. The Morgan fingerprint density at radius 3 is 2.64 bits per heavy atom. The minimum absolute atomic E-state index is 0.0197. The molecular weight excluding hydrogens is 443 g/mol. The highest BCUT2D eigenvalue weighted by molar-refractivity contribution is 9.10. The van der Waals surface area contributed by atoms with Gasteiger partial charge in [-0.2, -0.15) is 11.8 Å². The molecule has 4 nitrogen and oxygen atoms in total. The third-order valence-electron chi connectivity index (χ3n) is 4.40. The fourth-order valence-corrected chi connectivity index (χ4v) is 4.15. The lowest BCUT2D eigenvalue weighted by Crippen LogP contribution is -2.37. The Morgan fingerprint density at radius 2 is 1.93 bits per heavy atom. The smallest absolute Gasteiger partial charge is 0.253 e. The lowest BCUT2D eigenvalue weighted by atomic mass is 10.1. The molecule has 0 radical (unpaired) electrons. The first kappa shape index (κ1) is 20.6. The first-order valence-corrected chi connectivity index (χ1v) is 10.8. The first-order chi connectivity index (χ1) is 13.4. The molecule has 1 fully saturated rings. The van der Waals surface area contributed by atoms with Crippen molar-refractivity contribution >= 4 is 51.3 Å². The summed E-state index contributed by atoms with van der Waals surface area (Å²) >= 11 is 5.13. The highest BCUT2D eigenvalue weighted by Crippen LogP contribution is 2.20. The van der Waals surface area contributed by atoms with Crippen LogP contribution in [0, 0.1) is 12.7 Å². The maximum atomic E-state index is 13.7. The van der Waals surface area contributed by atoms with Gasteiger partial charge >= 0.3 is 0 Å². The van der Waals surface area contributed by atoms with Crippen LogP contribution in [0.25, 0.3) is 6.08 Å². The standard InChI is InChI=1S/C21H20BrFN2O2S/c1-14-12-16(21(27)25-8-10-28-11-9-25)2-6-19(14)24-20(26)7-3-15-13-17(22)4-5-18(15)23/h2-7,12-13H,8-11H2,1H3,(H,24,26)/b7-3+.